The van der Waals surface area contributed by atoms with Crippen molar-refractivity contribution in [3.05, 3.63) is 47.8 Å². The number of halogens is 1. The molecule has 0 unspecified atom stereocenters. The minimum absolute atomic E-state index is 0.0472. The minimum Gasteiger partial charge on any atom is -0.317 e. The van der Waals surface area contributed by atoms with Crippen LogP contribution < -0.4 is 10.6 Å². The Morgan fingerprint density at radius 1 is 1.13 bits per heavy atom. The van der Waals surface area contributed by atoms with Gasteiger partial charge in [-0.2, -0.15) is 5.10 Å². The number of imidazole rings is 2. The number of pyridine rings is 1. The molecule has 0 aromatic carbocycles. The Morgan fingerprint density at radius 2 is 1.93 bits per heavy atom. The first kappa shape index (κ1) is 18.7. The van der Waals surface area contributed by atoms with Gasteiger partial charge in [0.05, 0.1) is 23.8 Å². The fourth-order valence-corrected chi connectivity index (χ4v) is 3.96. The Bertz CT molecular complexity index is 1270. The third-order valence-corrected chi connectivity index (χ3v) is 5.49. The van der Waals surface area contributed by atoms with Crippen molar-refractivity contribution in [1.29, 1.82) is 0 Å². The van der Waals surface area contributed by atoms with Crippen LogP contribution >= 0.6 is 0 Å². The minimum atomic E-state index is -0.476. The Balaban J connectivity index is 1.48. The third-order valence-electron chi connectivity index (χ3n) is 5.49. The summed E-state index contributed by atoms with van der Waals surface area (Å²) in [5.74, 6) is -0.247. The number of fused-ring (bicyclic) bond motifs is 2. The Kier molecular flexibility index (Phi) is 4.47. The summed E-state index contributed by atoms with van der Waals surface area (Å²) in [6.07, 6.45) is 6.82. The molecule has 154 valence electrons. The zero-order valence-electron chi connectivity index (χ0n) is 16.8. The maximum Gasteiger partial charge on any atom is 0.228 e. The van der Waals surface area contributed by atoms with Crippen LogP contribution in [0.4, 0.5) is 10.2 Å². The summed E-state index contributed by atoms with van der Waals surface area (Å²) in [6, 6.07) is 3.30. The largest absolute Gasteiger partial charge is 0.317 e. The maximum atomic E-state index is 14.8. The second kappa shape index (κ2) is 7.17. The van der Waals surface area contributed by atoms with Gasteiger partial charge in [0.25, 0.3) is 0 Å². The van der Waals surface area contributed by atoms with E-state index in [1.54, 1.807) is 21.3 Å². The molecule has 1 aliphatic heterocycles. The van der Waals surface area contributed by atoms with E-state index in [4.69, 9.17) is 0 Å². The van der Waals surface area contributed by atoms with Gasteiger partial charge in [-0.3, -0.25) is 4.79 Å². The van der Waals surface area contributed by atoms with Gasteiger partial charge in [0.1, 0.15) is 0 Å². The summed E-state index contributed by atoms with van der Waals surface area (Å²) in [4.78, 5) is 21.2. The van der Waals surface area contributed by atoms with Gasteiger partial charge in [-0.25, -0.2) is 18.9 Å². The molecule has 0 aliphatic carbocycles. The van der Waals surface area contributed by atoms with E-state index in [1.807, 2.05) is 26.1 Å². The van der Waals surface area contributed by atoms with Crippen molar-refractivity contribution in [3.8, 4) is 11.3 Å². The quantitative estimate of drug-likeness (QED) is 0.545. The number of carbonyl (C=O) groups is 1. The first-order valence-electron chi connectivity index (χ1n) is 10.0. The number of piperidine rings is 1. The van der Waals surface area contributed by atoms with Gasteiger partial charge in [-0.15, -0.1) is 0 Å². The molecular formula is C21H22FN7O. The van der Waals surface area contributed by atoms with Gasteiger partial charge in [0.2, 0.25) is 5.91 Å². The number of aromatic nitrogens is 5. The highest BCUT2D eigenvalue weighted by Crippen LogP contribution is 2.24. The lowest BCUT2D eigenvalue weighted by atomic mass is 9.97. The SMILES string of the molecule is Cc1cn2nc(-c3cc(F)c4nc(NC(=O)C5CCNCC5)cn4c3)cc(C)c2n1. The monoisotopic (exact) mass is 407 g/mol. The van der Waals surface area contributed by atoms with E-state index in [1.165, 1.54) is 6.07 Å². The van der Waals surface area contributed by atoms with Crippen molar-refractivity contribution in [2.75, 3.05) is 18.4 Å². The predicted molar refractivity (Wildman–Crippen MR) is 111 cm³/mol. The number of anilines is 1. The number of nitrogens with one attached hydrogen (secondary N) is 2. The highest BCUT2D eigenvalue weighted by atomic mass is 19.1. The van der Waals surface area contributed by atoms with E-state index >= 15 is 0 Å². The van der Waals surface area contributed by atoms with Gasteiger partial charge >= 0.3 is 0 Å². The number of carbonyl (C=O) groups excluding carboxylic acids is 1. The van der Waals surface area contributed by atoms with Crippen molar-refractivity contribution in [2.24, 2.45) is 5.92 Å². The van der Waals surface area contributed by atoms with Crippen LogP contribution in [0.5, 0.6) is 0 Å². The lowest BCUT2D eigenvalue weighted by Gasteiger charge is -2.21. The average molecular weight is 407 g/mol. The number of hydrogen-bond acceptors (Lipinski definition) is 5. The number of nitrogens with zero attached hydrogens (tertiary/aromatic N) is 5. The summed E-state index contributed by atoms with van der Waals surface area (Å²) in [7, 11) is 0. The fourth-order valence-electron chi connectivity index (χ4n) is 3.96. The third kappa shape index (κ3) is 3.30. The van der Waals surface area contributed by atoms with Crippen molar-refractivity contribution in [3.63, 3.8) is 0 Å². The van der Waals surface area contributed by atoms with Crippen LogP contribution in [0.1, 0.15) is 24.1 Å². The summed E-state index contributed by atoms with van der Waals surface area (Å²) < 4.78 is 18.1. The Hall–Kier alpha value is -3.33. The molecule has 1 saturated heterocycles. The van der Waals surface area contributed by atoms with Crippen molar-refractivity contribution in [2.45, 2.75) is 26.7 Å². The molecule has 5 rings (SSSR count). The van der Waals surface area contributed by atoms with E-state index in [9.17, 15) is 9.18 Å². The van der Waals surface area contributed by atoms with Gasteiger partial charge in [-0.1, -0.05) is 0 Å². The van der Waals surface area contributed by atoms with Crippen molar-refractivity contribution >= 4 is 23.0 Å². The lowest BCUT2D eigenvalue weighted by molar-refractivity contribution is -0.120. The molecule has 0 saturated carbocycles. The van der Waals surface area contributed by atoms with Gasteiger partial charge in [0.15, 0.2) is 22.9 Å². The molecule has 0 spiro atoms. The maximum absolute atomic E-state index is 14.8. The lowest BCUT2D eigenvalue weighted by Crippen LogP contribution is -2.34. The number of hydrogen-bond donors (Lipinski definition) is 2. The molecule has 0 atom stereocenters. The molecule has 1 fully saturated rings. The highest BCUT2D eigenvalue weighted by Gasteiger charge is 2.22. The smallest absolute Gasteiger partial charge is 0.228 e. The summed E-state index contributed by atoms with van der Waals surface area (Å²) in [5.41, 5.74) is 4.01. The fraction of sp³-hybridized carbons (Fsp3) is 0.333. The van der Waals surface area contributed by atoms with Gasteiger partial charge in [-0.05, 0) is 57.5 Å². The van der Waals surface area contributed by atoms with Crippen LogP contribution in [0, 0.1) is 25.6 Å². The summed E-state index contributed by atoms with van der Waals surface area (Å²) >= 11 is 0. The van der Waals surface area contributed by atoms with E-state index in [-0.39, 0.29) is 17.5 Å². The molecule has 1 amide bonds. The first-order valence-corrected chi connectivity index (χ1v) is 10.0. The average Bonchev–Trinajstić information content (AvgIpc) is 3.31. The molecule has 8 nitrogen and oxygen atoms in total. The molecule has 5 heterocycles. The molecule has 2 N–H and O–H groups in total. The van der Waals surface area contributed by atoms with E-state index < -0.39 is 5.82 Å². The van der Waals surface area contributed by atoms with Crippen LogP contribution in [0.3, 0.4) is 0 Å². The highest BCUT2D eigenvalue weighted by molar-refractivity contribution is 5.92. The van der Waals surface area contributed by atoms with Crippen LogP contribution in [0.2, 0.25) is 0 Å². The number of amides is 1. The topological polar surface area (TPSA) is 88.6 Å². The Labute approximate surface area is 172 Å². The van der Waals surface area contributed by atoms with E-state index in [2.05, 4.69) is 25.7 Å². The zero-order valence-corrected chi connectivity index (χ0v) is 16.8. The summed E-state index contributed by atoms with van der Waals surface area (Å²) in [6.45, 7) is 5.51. The normalized spacial score (nSPS) is 15.2. The predicted octanol–water partition coefficient (Wildman–Crippen LogP) is 2.74. The second-order valence-electron chi connectivity index (χ2n) is 7.81. The molecular weight excluding hydrogens is 385 g/mol. The molecule has 9 heteroatoms. The standard InChI is InChI=1S/C21H22FN7O/c1-12-7-17(27-29-9-13(2)24-19(12)29)15-8-16(22)20-25-18(11-28(20)10-15)26-21(30)14-3-5-23-6-4-14/h7-11,14,23H,3-6H2,1-2H3,(H,26,30). The van der Waals surface area contributed by atoms with E-state index in [0.29, 0.717) is 17.1 Å². The molecule has 0 bridgehead atoms. The van der Waals surface area contributed by atoms with Crippen molar-refractivity contribution < 1.29 is 9.18 Å². The van der Waals surface area contributed by atoms with Crippen LogP contribution in [-0.2, 0) is 4.79 Å². The molecule has 4 aromatic heterocycles. The van der Waals surface area contributed by atoms with Crippen molar-refractivity contribution in [1.82, 2.24) is 29.3 Å². The first-order chi connectivity index (χ1) is 14.5. The van der Waals surface area contributed by atoms with Crippen LogP contribution in [-0.4, -0.2) is 43.0 Å². The number of aryl methyl sites for hydroxylation is 2. The molecule has 4 aromatic rings. The van der Waals surface area contributed by atoms with E-state index in [0.717, 1.165) is 42.8 Å². The van der Waals surface area contributed by atoms with Gasteiger partial charge < -0.3 is 15.0 Å². The van der Waals surface area contributed by atoms with Gasteiger partial charge in [0, 0.05) is 17.7 Å². The summed E-state index contributed by atoms with van der Waals surface area (Å²) in [5, 5.41) is 10.6. The van der Waals surface area contributed by atoms with Crippen LogP contribution in [0.25, 0.3) is 22.6 Å². The zero-order chi connectivity index (χ0) is 20.8. The molecule has 1 aliphatic rings. The number of rotatable bonds is 3. The Morgan fingerprint density at radius 3 is 2.73 bits per heavy atom. The molecule has 30 heavy (non-hydrogen) atoms. The van der Waals surface area contributed by atoms with Crippen LogP contribution in [0.15, 0.2) is 30.7 Å². The molecule has 0 radical (unpaired) electrons. The second-order valence-corrected chi connectivity index (χ2v) is 7.81.